The van der Waals surface area contributed by atoms with Gasteiger partial charge in [0.2, 0.25) is 0 Å². The smallest absolute Gasteiger partial charge is 0.159 e. The summed E-state index contributed by atoms with van der Waals surface area (Å²) >= 11 is 6.75. The number of ether oxygens (including phenoxy) is 1. The van der Waals surface area contributed by atoms with Crippen LogP contribution in [0, 0.1) is 3.95 Å². The van der Waals surface area contributed by atoms with Crippen LogP contribution in [-0.2, 0) is 11.2 Å². The zero-order chi connectivity index (χ0) is 14.1. The number of carbonyl (C=O) groups excluding carboxylic acids is 1. The molecule has 0 radical (unpaired) electrons. The molecule has 0 saturated heterocycles. The van der Waals surface area contributed by atoms with Crippen LogP contribution < -0.4 is 9.84 Å². The van der Waals surface area contributed by atoms with E-state index in [1.165, 1.54) is 4.88 Å². The zero-order valence-corrected chi connectivity index (χ0v) is 12.2. The lowest BCUT2D eigenvalue weighted by Crippen LogP contribution is -2.22. The number of thiazole rings is 1. The SMILES string of the molecule is O=C([O-])CCCOc1cccc2c1Cc1sc(=S)[nH]c1-2. The molecule has 0 atom stereocenters. The second-order valence-electron chi connectivity index (χ2n) is 4.60. The maximum Gasteiger partial charge on any atom is 0.159 e. The minimum atomic E-state index is -1.04. The van der Waals surface area contributed by atoms with Crippen LogP contribution in [0.2, 0.25) is 0 Å². The maximum atomic E-state index is 10.4. The third-order valence-electron chi connectivity index (χ3n) is 3.24. The van der Waals surface area contributed by atoms with E-state index >= 15 is 0 Å². The predicted octanol–water partition coefficient (Wildman–Crippen LogP) is 2.29. The van der Waals surface area contributed by atoms with Crippen LogP contribution in [0.4, 0.5) is 0 Å². The van der Waals surface area contributed by atoms with Crippen molar-refractivity contribution in [3.8, 4) is 17.0 Å². The van der Waals surface area contributed by atoms with Crippen molar-refractivity contribution in [1.29, 1.82) is 0 Å². The first-order valence-electron chi connectivity index (χ1n) is 6.32. The average molecular weight is 306 g/mol. The highest BCUT2D eigenvalue weighted by atomic mass is 32.1. The van der Waals surface area contributed by atoms with E-state index in [1.807, 2.05) is 18.2 Å². The van der Waals surface area contributed by atoms with E-state index in [2.05, 4.69) is 4.98 Å². The highest BCUT2D eigenvalue weighted by molar-refractivity contribution is 7.73. The molecule has 6 heteroatoms. The fourth-order valence-corrected chi connectivity index (χ4v) is 3.64. The first-order chi connectivity index (χ1) is 9.65. The number of carboxylic acids is 1. The van der Waals surface area contributed by atoms with Crippen LogP contribution >= 0.6 is 23.6 Å². The summed E-state index contributed by atoms with van der Waals surface area (Å²) in [6.45, 7) is 0.383. The zero-order valence-electron chi connectivity index (χ0n) is 10.6. The molecule has 0 unspecified atom stereocenters. The third kappa shape index (κ3) is 2.48. The van der Waals surface area contributed by atoms with Crippen LogP contribution in [0.25, 0.3) is 11.3 Å². The second kappa shape index (κ2) is 5.38. The van der Waals surface area contributed by atoms with Gasteiger partial charge in [0.15, 0.2) is 3.95 Å². The summed E-state index contributed by atoms with van der Waals surface area (Å²) in [6, 6.07) is 5.91. The number of aromatic amines is 1. The molecule has 0 spiro atoms. The van der Waals surface area contributed by atoms with Gasteiger partial charge in [-0.25, -0.2) is 0 Å². The molecule has 104 valence electrons. The fourth-order valence-electron chi connectivity index (χ4n) is 2.38. The summed E-state index contributed by atoms with van der Waals surface area (Å²) in [5.41, 5.74) is 3.37. The Morgan fingerprint density at radius 1 is 1.50 bits per heavy atom. The quantitative estimate of drug-likeness (QED) is 0.580. The standard InChI is InChI=1S/C14H13NO3S2/c16-12(17)5-2-6-18-10-4-1-3-8-9(10)7-11-13(8)15-14(19)20-11/h1,3-4H,2,5-7H2,(H,15,19)(H,16,17)/p-1. The Labute approximate surface area is 125 Å². The number of hydrogen-bond donors (Lipinski definition) is 1. The number of carbonyl (C=O) groups is 1. The molecule has 1 heterocycles. The lowest BCUT2D eigenvalue weighted by molar-refractivity contribution is -0.305. The number of hydrogen-bond acceptors (Lipinski definition) is 5. The molecule has 3 rings (SSSR count). The molecule has 0 amide bonds. The van der Waals surface area contributed by atoms with Gasteiger partial charge in [-0.15, -0.1) is 11.3 Å². The number of aromatic nitrogens is 1. The van der Waals surface area contributed by atoms with Crippen molar-refractivity contribution >= 4 is 29.5 Å². The molecule has 1 aromatic heterocycles. The molecule has 2 aromatic rings. The molecule has 1 N–H and O–H groups in total. The summed E-state index contributed by atoms with van der Waals surface area (Å²) in [5, 5.41) is 10.4. The molecule has 0 bridgehead atoms. The van der Waals surface area contributed by atoms with Crippen molar-refractivity contribution in [2.75, 3.05) is 6.61 Å². The van der Waals surface area contributed by atoms with Gasteiger partial charge in [-0.2, -0.15) is 0 Å². The van der Waals surface area contributed by atoms with Crippen LogP contribution in [0.15, 0.2) is 18.2 Å². The van der Waals surface area contributed by atoms with E-state index < -0.39 is 5.97 Å². The largest absolute Gasteiger partial charge is 0.550 e. The molecule has 0 aliphatic heterocycles. The number of H-pyrrole nitrogens is 1. The fraction of sp³-hybridized carbons (Fsp3) is 0.286. The van der Waals surface area contributed by atoms with Crippen LogP contribution in [-0.4, -0.2) is 17.6 Å². The van der Waals surface area contributed by atoms with Gasteiger partial charge in [0.05, 0.1) is 12.3 Å². The summed E-state index contributed by atoms with van der Waals surface area (Å²) < 4.78 is 6.50. The molecule has 4 nitrogen and oxygen atoms in total. The monoisotopic (exact) mass is 306 g/mol. The van der Waals surface area contributed by atoms with Crippen LogP contribution in [0.1, 0.15) is 23.3 Å². The van der Waals surface area contributed by atoms with E-state index in [9.17, 15) is 9.90 Å². The lowest BCUT2D eigenvalue weighted by atomic mass is 10.1. The molecular weight excluding hydrogens is 294 g/mol. The summed E-state index contributed by atoms with van der Waals surface area (Å²) in [7, 11) is 0. The van der Waals surface area contributed by atoms with Gasteiger partial charge in [-0.1, -0.05) is 12.1 Å². The Morgan fingerprint density at radius 2 is 2.35 bits per heavy atom. The topological polar surface area (TPSA) is 65.2 Å². The lowest BCUT2D eigenvalue weighted by Gasteiger charge is -2.11. The van der Waals surface area contributed by atoms with E-state index in [-0.39, 0.29) is 6.42 Å². The van der Waals surface area contributed by atoms with Crippen molar-refractivity contribution in [2.24, 2.45) is 0 Å². The minimum absolute atomic E-state index is 0.0233. The number of carboxylic acid groups (broad SMARTS) is 1. The predicted molar refractivity (Wildman–Crippen MR) is 77.5 cm³/mol. The number of aliphatic carboxylic acids is 1. The third-order valence-corrected chi connectivity index (χ3v) is 4.48. The maximum absolute atomic E-state index is 10.4. The molecule has 1 aromatic carbocycles. The molecule has 1 aliphatic carbocycles. The van der Waals surface area contributed by atoms with Gasteiger partial charge in [-0.05, 0) is 31.1 Å². The van der Waals surface area contributed by atoms with E-state index in [0.717, 1.165) is 32.9 Å². The van der Waals surface area contributed by atoms with E-state index in [1.54, 1.807) is 11.3 Å². The van der Waals surface area contributed by atoms with Crippen LogP contribution in [0.5, 0.6) is 5.75 Å². The van der Waals surface area contributed by atoms with Crippen molar-refractivity contribution in [3.05, 3.63) is 32.6 Å². The van der Waals surface area contributed by atoms with Gasteiger partial charge in [0.25, 0.3) is 0 Å². The Hall–Kier alpha value is -1.66. The van der Waals surface area contributed by atoms with E-state index in [4.69, 9.17) is 17.0 Å². The van der Waals surface area contributed by atoms with Crippen LogP contribution in [0.3, 0.4) is 0 Å². The van der Waals surface area contributed by atoms with Crippen molar-refractivity contribution in [3.63, 3.8) is 0 Å². The molecule has 20 heavy (non-hydrogen) atoms. The van der Waals surface area contributed by atoms with Gasteiger partial charge >= 0.3 is 0 Å². The summed E-state index contributed by atoms with van der Waals surface area (Å²) in [5.74, 6) is -0.217. The van der Waals surface area contributed by atoms with Crippen molar-refractivity contribution in [2.45, 2.75) is 19.3 Å². The average Bonchev–Trinajstić information content (AvgIpc) is 2.91. The Morgan fingerprint density at radius 3 is 3.15 bits per heavy atom. The molecular formula is C14H12NO3S2-. The number of fused-ring (bicyclic) bond motifs is 3. The molecule has 0 saturated carbocycles. The first kappa shape index (κ1) is 13.3. The van der Waals surface area contributed by atoms with Crippen molar-refractivity contribution in [1.82, 2.24) is 4.98 Å². The first-order valence-corrected chi connectivity index (χ1v) is 7.54. The summed E-state index contributed by atoms with van der Waals surface area (Å²) in [4.78, 5) is 14.8. The Balaban J connectivity index is 1.78. The molecule has 1 aliphatic rings. The second-order valence-corrected chi connectivity index (χ2v) is 6.37. The number of nitrogens with one attached hydrogen (secondary N) is 1. The van der Waals surface area contributed by atoms with Crippen molar-refractivity contribution < 1.29 is 14.6 Å². The van der Waals surface area contributed by atoms with Gasteiger partial charge < -0.3 is 19.6 Å². The highest BCUT2D eigenvalue weighted by Gasteiger charge is 2.23. The number of rotatable bonds is 5. The Kier molecular flexibility index (Phi) is 3.58. The Bertz CT molecular complexity index is 717. The normalized spacial score (nSPS) is 12.0. The van der Waals surface area contributed by atoms with E-state index in [0.29, 0.717) is 13.0 Å². The summed E-state index contributed by atoms with van der Waals surface area (Å²) in [6.07, 6.45) is 1.30. The number of benzene rings is 1. The minimum Gasteiger partial charge on any atom is -0.550 e. The van der Waals surface area contributed by atoms with Gasteiger partial charge in [0, 0.05) is 28.4 Å². The highest BCUT2D eigenvalue weighted by Crippen LogP contribution is 2.42. The van der Waals surface area contributed by atoms with Gasteiger partial charge in [-0.3, -0.25) is 0 Å². The molecule has 0 fully saturated rings. The van der Waals surface area contributed by atoms with Gasteiger partial charge in [0.1, 0.15) is 5.75 Å².